The second-order valence-corrected chi connectivity index (χ2v) is 7.71. The molecule has 1 unspecified atom stereocenters. The Labute approximate surface area is 171 Å². The monoisotopic (exact) mass is 392 g/mol. The smallest absolute Gasteiger partial charge is 0.257 e. The van der Waals surface area contributed by atoms with Crippen molar-refractivity contribution >= 4 is 17.0 Å². The number of aromatic nitrogens is 2. The van der Waals surface area contributed by atoms with Crippen molar-refractivity contribution in [3.8, 4) is 0 Å². The Morgan fingerprint density at radius 3 is 2.79 bits per heavy atom. The first-order chi connectivity index (χ1) is 14.2. The van der Waals surface area contributed by atoms with Gasteiger partial charge in [0.05, 0.1) is 16.6 Å². The Morgan fingerprint density at radius 1 is 1.21 bits per heavy atom. The van der Waals surface area contributed by atoms with Crippen LogP contribution in [0.15, 0.2) is 47.1 Å². The quantitative estimate of drug-likeness (QED) is 0.636. The summed E-state index contributed by atoms with van der Waals surface area (Å²) in [6.45, 7) is 7.52. The molecule has 1 fully saturated rings. The van der Waals surface area contributed by atoms with Gasteiger partial charge >= 0.3 is 0 Å². The molecule has 3 heterocycles. The Morgan fingerprint density at radius 2 is 2.03 bits per heavy atom. The lowest BCUT2D eigenvalue weighted by atomic mass is 10.0. The maximum absolute atomic E-state index is 13.2. The molecule has 0 spiro atoms. The maximum Gasteiger partial charge on any atom is 0.257 e. The molecular weight excluding hydrogens is 364 g/mol. The summed E-state index contributed by atoms with van der Waals surface area (Å²) in [6, 6.07) is 12.8. The number of pyridine rings is 1. The van der Waals surface area contributed by atoms with Crippen LogP contribution < -0.4 is 0 Å². The molecule has 6 heteroatoms. The minimum Gasteiger partial charge on any atom is -0.336 e. The Bertz CT molecular complexity index is 969. The number of hydrogen-bond donors (Lipinski definition) is 0. The molecule has 1 aliphatic heterocycles. The molecule has 29 heavy (non-hydrogen) atoms. The van der Waals surface area contributed by atoms with Crippen molar-refractivity contribution in [2.75, 3.05) is 19.6 Å². The van der Waals surface area contributed by atoms with Crippen LogP contribution in [0.5, 0.6) is 0 Å². The average molecular weight is 393 g/mol. The van der Waals surface area contributed by atoms with Crippen LogP contribution in [0.25, 0.3) is 11.1 Å². The summed E-state index contributed by atoms with van der Waals surface area (Å²) in [6.07, 6.45) is 4.55. The van der Waals surface area contributed by atoms with Gasteiger partial charge in [0.2, 0.25) is 0 Å². The molecule has 1 amide bonds. The fourth-order valence-electron chi connectivity index (χ4n) is 4.14. The van der Waals surface area contributed by atoms with Crippen molar-refractivity contribution in [2.24, 2.45) is 0 Å². The molecule has 0 bridgehead atoms. The molecule has 152 valence electrons. The van der Waals surface area contributed by atoms with E-state index in [1.54, 1.807) is 6.20 Å². The van der Waals surface area contributed by atoms with Crippen molar-refractivity contribution < 1.29 is 9.32 Å². The zero-order chi connectivity index (χ0) is 20.2. The van der Waals surface area contributed by atoms with Gasteiger partial charge in [-0.3, -0.25) is 9.69 Å². The summed E-state index contributed by atoms with van der Waals surface area (Å²) in [7, 11) is 0. The number of benzene rings is 1. The van der Waals surface area contributed by atoms with Gasteiger partial charge in [-0.25, -0.2) is 4.98 Å². The second kappa shape index (κ2) is 8.74. The topological polar surface area (TPSA) is 62.5 Å². The van der Waals surface area contributed by atoms with Crippen molar-refractivity contribution in [3.05, 3.63) is 59.4 Å². The number of rotatable bonds is 6. The van der Waals surface area contributed by atoms with Gasteiger partial charge in [0.1, 0.15) is 0 Å². The largest absolute Gasteiger partial charge is 0.336 e. The van der Waals surface area contributed by atoms with Gasteiger partial charge in [-0.15, -0.1) is 0 Å². The zero-order valence-electron chi connectivity index (χ0n) is 17.2. The molecule has 0 aliphatic carbocycles. The lowest BCUT2D eigenvalue weighted by molar-refractivity contribution is 0.0438. The van der Waals surface area contributed by atoms with Crippen LogP contribution in [0.2, 0.25) is 0 Å². The summed E-state index contributed by atoms with van der Waals surface area (Å²) in [5.74, 6) is 0.0446. The number of nitrogens with zero attached hydrogens (tertiary/aromatic N) is 4. The summed E-state index contributed by atoms with van der Waals surface area (Å²) < 4.78 is 5.25. The lowest BCUT2D eigenvalue weighted by Gasteiger charge is -2.41. The van der Waals surface area contributed by atoms with E-state index in [0.29, 0.717) is 17.3 Å². The van der Waals surface area contributed by atoms with Gasteiger partial charge in [0.15, 0.2) is 0 Å². The molecule has 1 saturated heterocycles. The lowest BCUT2D eigenvalue weighted by Crippen LogP contribution is -2.54. The number of carbonyl (C=O) groups is 1. The van der Waals surface area contributed by atoms with Gasteiger partial charge in [-0.1, -0.05) is 55.8 Å². The van der Waals surface area contributed by atoms with E-state index in [-0.39, 0.29) is 5.91 Å². The number of hydrogen-bond acceptors (Lipinski definition) is 5. The van der Waals surface area contributed by atoms with Crippen LogP contribution >= 0.6 is 0 Å². The van der Waals surface area contributed by atoms with Crippen molar-refractivity contribution in [3.63, 3.8) is 0 Å². The predicted octanol–water partition coefficient (Wildman–Crippen LogP) is 3.91. The highest BCUT2D eigenvalue weighted by molar-refractivity contribution is 5.97. The Kier molecular flexibility index (Phi) is 5.90. The van der Waals surface area contributed by atoms with Gasteiger partial charge in [-0.05, 0) is 24.5 Å². The molecule has 1 aromatic carbocycles. The summed E-state index contributed by atoms with van der Waals surface area (Å²) in [4.78, 5) is 22.0. The summed E-state index contributed by atoms with van der Waals surface area (Å²) in [5, 5.41) is 4.88. The van der Waals surface area contributed by atoms with Gasteiger partial charge < -0.3 is 9.42 Å². The molecule has 0 saturated carbocycles. The van der Waals surface area contributed by atoms with Crippen LogP contribution in [0.4, 0.5) is 0 Å². The highest BCUT2D eigenvalue weighted by Crippen LogP contribution is 2.22. The first kappa shape index (κ1) is 19.6. The number of carbonyl (C=O) groups excluding carboxylic acids is 1. The SMILES string of the molecule is CCCC1CN(C(=O)c2cnc3onc(CC)c3c2)CCN1Cc1ccccc1. The fraction of sp³-hybridized carbons (Fsp3) is 0.435. The molecule has 4 rings (SSSR count). The Balaban J connectivity index is 1.50. The van der Waals surface area contributed by atoms with Crippen LogP contribution in [-0.2, 0) is 13.0 Å². The normalized spacial score (nSPS) is 17.7. The third-order valence-electron chi connectivity index (χ3n) is 5.73. The molecule has 0 radical (unpaired) electrons. The van der Waals surface area contributed by atoms with E-state index in [1.807, 2.05) is 24.0 Å². The zero-order valence-corrected chi connectivity index (χ0v) is 17.2. The van der Waals surface area contributed by atoms with Gasteiger partial charge in [0.25, 0.3) is 11.6 Å². The molecule has 2 aromatic heterocycles. The van der Waals surface area contributed by atoms with Gasteiger partial charge in [0, 0.05) is 38.4 Å². The number of amides is 1. The van der Waals surface area contributed by atoms with E-state index in [1.165, 1.54) is 5.56 Å². The Hall–Kier alpha value is -2.73. The van der Waals surface area contributed by atoms with E-state index >= 15 is 0 Å². The van der Waals surface area contributed by atoms with E-state index < -0.39 is 0 Å². The van der Waals surface area contributed by atoms with Gasteiger partial charge in [-0.2, -0.15) is 0 Å². The summed E-state index contributed by atoms with van der Waals surface area (Å²) in [5.41, 5.74) is 3.28. The summed E-state index contributed by atoms with van der Waals surface area (Å²) >= 11 is 0. The number of aryl methyl sites for hydroxylation is 1. The second-order valence-electron chi connectivity index (χ2n) is 7.71. The van der Waals surface area contributed by atoms with Crippen LogP contribution in [0.1, 0.15) is 48.3 Å². The highest BCUT2D eigenvalue weighted by atomic mass is 16.5. The average Bonchev–Trinajstić information content (AvgIpc) is 3.17. The minimum atomic E-state index is 0.0446. The molecule has 1 aliphatic rings. The predicted molar refractivity (Wildman–Crippen MR) is 113 cm³/mol. The highest BCUT2D eigenvalue weighted by Gasteiger charge is 2.30. The first-order valence-electron chi connectivity index (χ1n) is 10.5. The molecule has 0 N–H and O–H groups in total. The van der Waals surface area contributed by atoms with E-state index in [4.69, 9.17) is 4.52 Å². The van der Waals surface area contributed by atoms with Crippen molar-refractivity contribution in [1.29, 1.82) is 0 Å². The number of fused-ring (bicyclic) bond motifs is 1. The third kappa shape index (κ3) is 4.17. The van der Waals surface area contributed by atoms with Crippen LogP contribution in [0.3, 0.4) is 0 Å². The fourth-order valence-corrected chi connectivity index (χ4v) is 4.14. The first-order valence-corrected chi connectivity index (χ1v) is 10.5. The van der Waals surface area contributed by atoms with E-state index in [2.05, 4.69) is 46.2 Å². The molecular formula is C23H28N4O2. The standard InChI is InChI=1S/C23H28N4O2/c1-3-8-19-16-27(12-11-26(19)15-17-9-6-5-7-10-17)23(28)18-13-20-21(4-2)25-29-22(20)24-14-18/h5-7,9-10,13-14,19H,3-4,8,11-12,15-16H2,1-2H3. The molecule has 1 atom stereocenters. The van der Waals surface area contributed by atoms with Crippen molar-refractivity contribution in [1.82, 2.24) is 19.9 Å². The van der Waals surface area contributed by atoms with E-state index in [9.17, 15) is 4.79 Å². The third-order valence-corrected chi connectivity index (χ3v) is 5.73. The van der Waals surface area contributed by atoms with Crippen molar-refractivity contribution in [2.45, 2.75) is 45.7 Å². The van der Waals surface area contributed by atoms with Crippen LogP contribution in [0, 0.1) is 0 Å². The van der Waals surface area contributed by atoms with E-state index in [0.717, 1.165) is 56.5 Å². The molecule has 3 aromatic rings. The van der Waals surface area contributed by atoms with Crippen LogP contribution in [-0.4, -0.2) is 51.5 Å². The maximum atomic E-state index is 13.2. The minimum absolute atomic E-state index is 0.0446. The molecule has 6 nitrogen and oxygen atoms in total. The number of piperazine rings is 1.